The van der Waals surface area contributed by atoms with Crippen molar-refractivity contribution in [2.45, 2.75) is 12.1 Å². The summed E-state index contributed by atoms with van der Waals surface area (Å²) in [5.41, 5.74) is 2.93. The largest absolute Gasteiger partial charge is 0.293 e. The Labute approximate surface area is 172 Å². The van der Waals surface area contributed by atoms with E-state index < -0.39 is 0 Å². The zero-order chi connectivity index (χ0) is 20.2. The molecule has 4 aromatic rings. The molecule has 0 spiro atoms. The Bertz CT molecular complexity index is 1140. The summed E-state index contributed by atoms with van der Waals surface area (Å²) < 4.78 is 16.2. The van der Waals surface area contributed by atoms with Gasteiger partial charge in [-0.05, 0) is 31.2 Å². The molecule has 0 saturated heterocycles. The first-order valence-electron chi connectivity index (χ1n) is 9.12. The van der Waals surface area contributed by atoms with Gasteiger partial charge in [0.15, 0.2) is 16.8 Å². The van der Waals surface area contributed by atoms with E-state index in [1.807, 2.05) is 61.5 Å². The quantitative estimate of drug-likeness (QED) is 0.321. The van der Waals surface area contributed by atoms with Gasteiger partial charge in [-0.1, -0.05) is 71.9 Å². The zero-order valence-corrected chi connectivity index (χ0v) is 16.6. The van der Waals surface area contributed by atoms with Crippen LogP contribution in [0.4, 0.5) is 4.39 Å². The average molecular weight is 403 g/mol. The molecule has 4 rings (SSSR count). The van der Waals surface area contributed by atoms with Crippen LogP contribution in [-0.2, 0) is 0 Å². The Hall–Kier alpha value is -3.25. The van der Waals surface area contributed by atoms with Crippen molar-refractivity contribution in [3.05, 3.63) is 95.8 Å². The summed E-state index contributed by atoms with van der Waals surface area (Å²) >= 11 is 1.29. The highest BCUT2D eigenvalue weighted by Crippen LogP contribution is 2.29. The van der Waals surface area contributed by atoms with Gasteiger partial charge in [-0.15, -0.1) is 10.2 Å². The third kappa shape index (κ3) is 4.12. The highest BCUT2D eigenvalue weighted by molar-refractivity contribution is 7.99. The summed E-state index contributed by atoms with van der Waals surface area (Å²) in [6, 6.07) is 23.4. The Morgan fingerprint density at radius 1 is 0.931 bits per heavy atom. The number of aryl methyl sites for hydroxylation is 1. The molecule has 0 unspecified atom stereocenters. The van der Waals surface area contributed by atoms with Crippen LogP contribution in [0.3, 0.4) is 0 Å². The highest BCUT2D eigenvalue weighted by atomic mass is 32.2. The number of halogens is 1. The monoisotopic (exact) mass is 403 g/mol. The van der Waals surface area contributed by atoms with Crippen LogP contribution in [0.25, 0.3) is 17.1 Å². The fourth-order valence-electron chi connectivity index (χ4n) is 2.94. The molecule has 3 aromatic carbocycles. The van der Waals surface area contributed by atoms with E-state index in [4.69, 9.17) is 0 Å². The van der Waals surface area contributed by atoms with Crippen molar-refractivity contribution in [2.24, 2.45) is 0 Å². The van der Waals surface area contributed by atoms with Crippen molar-refractivity contribution in [1.82, 2.24) is 14.8 Å². The number of rotatable bonds is 6. The van der Waals surface area contributed by atoms with Gasteiger partial charge in [0.1, 0.15) is 5.82 Å². The van der Waals surface area contributed by atoms with E-state index in [0.717, 1.165) is 11.3 Å². The molecule has 0 aliphatic carbocycles. The molecule has 29 heavy (non-hydrogen) atoms. The summed E-state index contributed by atoms with van der Waals surface area (Å²) in [4.78, 5) is 12.6. The maximum Gasteiger partial charge on any atom is 0.196 e. The number of aromatic nitrogens is 3. The Morgan fingerprint density at radius 2 is 1.62 bits per heavy atom. The fraction of sp³-hybridized carbons (Fsp3) is 0.0870. The summed E-state index contributed by atoms with van der Waals surface area (Å²) in [6.07, 6.45) is 0. The van der Waals surface area contributed by atoms with Crippen LogP contribution < -0.4 is 0 Å². The van der Waals surface area contributed by atoms with Crippen LogP contribution in [0.2, 0.25) is 0 Å². The van der Waals surface area contributed by atoms with Crippen LogP contribution in [0.5, 0.6) is 0 Å². The lowest BCUT2D eigenvalue weighted by atomic mass is 10.1. The van der Waals surface area contributed by atoms with Crippen molar-refractivity contribution >= 4 is 17.5 Å². The molecule has 6 heteroatoms. The predicted molar refractivity (Wildman–Crippen MR) is 113 cm³/mol. The lowest BCUT2D eigenvalue weighted by Gasteiger charge is -2.10. The maximum absolute atomic E-state index is 14.4. The summed E-state index contributed by atoms with van der Waals surface area (Å²) in [5.74, 6) is 0.250. The van der Waals surface area contributed by atoms with Crippen molar-refractivity contribution in [2.75, 3.05) is 5.75 Å². The molecule has 0 fully saturated rings. The minimum atomic E-state index is -0.371. The van der Waals surface area contributed by atoms with Gasteiger partial charge in [0.05, 0.1) is 11.3 Å². The van der Waals surface area contributed by atoms with Gasteiger partial charge in [0, 0.05) is 11.3 Å². The molecular weight excluding hydrogens is 385 g/mol. The number of hydrogen-bond acceptors (Lipinski definition) is 4. The van der Waals surface area contributed by atoms with Crippen LogP contribution in [0.15, 0.2) is 84.0 Å². The van der Waals surface area contributed by atoms with E-state index in [9.17, 15) is 9.18 Å². The molecule has 0 bridgehead atoms. The van der Waals surface area contributed by atoms with Gasteiger partial charge in [-0.2, -0.15) is 0 Å². The first-order valence-corrected chi connectivity index (χ1v) is 10.1. The van der Waals surface area contributed by atoms with E-state index >= 15 is 0 Å². The fourth-order valence-corrected chi connectivity index (χ4v) is 3.79. The molecule has 0 saturated carbocycles. The second-order valence-electron chi connectivity index (χ2n) is 6.53. The second kappa shape index (κ2) is 8.41. The molecule has 0 aliphatic rings. The van der Waals surface area contributed by atoms with E-state index in [0.29, 0.717) is 22.1 Å². The number of para-hydroxylation sites is 1. The minimum Gasteiger partial charge on any atom is -0.293 e. The molecule has 144 valence electrons. The molecule has 0 aliphatic heterocycles. The van der Waals surface area contributed by atoms with E-state index in [1.165, 1.54) is 17.8 Å². The van der Waals surface area contributed by atoms with Crippen LogP contribution in [0, 0.1) is 12.7 Å². The molecule has 0 radical (unpaired) electrons. The minimum absolute atomic E-state index is 0.00468. The molecule has 1 heterocycles. The Balaban J connectivity index is 1.68. The Morgan fingerprint density at radius 3 is 2.34 bits per heavy atom. The van der Waals surface area contributed by atoms with E-state index in [-0.39, 0.29) is 17.4 Å². The predicted octanol–water partition coefficient (Wildman–Crippen LogP) is 5.36. The van der Waals surface area contributed by atoms with E-state index in [1.54, 1.807) is 22.8 Å². The number of carbonyl (C=O) groups excluding carboxylic acids is 1. The van der Waals surface area contributed by atoms with Gasteiger partial charge >= 0.3 is 0 Å². The summed E-state index contributed by atoms with van der Waals surface area (Å²) in [6.45, 7) is 1.98. The van der Waals surface area contributed by atoms with Gasteiger partial charge in [-0.25, -0.2) is 4.39 Å². The van der Waals surface area contributed by atoms with Crippen molar-refractivity contribution < 1.29 is 9.18 Å². The van der Waals surface area contributed by atoms with Crippen LogP contribution >= 0.6 is 11.8 Å². The summed E-state index contributed by atoms with van der Waals surface area (Å²) in [5, 5.41) is 9.01. The molecule has 4 nitrogen and oxygen atoms in total. The topological polar surface area (TPSA) is 47.8 Å². The lowest BCUT2D eigenvalue weighted by Crippen LogP contribution is -2.05. The van der Waals surface area contributed by atoms with Crippen LogP contribution in [-0.4, -0.2) is 26.3 Å². The number of carbonyl (C=O) groups is 1. The van der Waals surface area contributed by atoms with Crippen molar-refractivity contribution in [1.29, 1.82) is 0 Å². The molecular formula is C23H18FN3OS. The second-order valence-corrected chi connectivity index (χ2v) is 7.48. The molecule has 0 amide bonds. The third-order valence-electron chi connectivity index (χ3n) is 4.47. The third-order valence-corrected chi connectivity index (χ3v) is 5.40. The number of nitrogens with zero attached hydrogens (tertiary/aromatic N) is 3. The molecule has 1 aromatic heterocycles. The number of Topliss-reactive ketones (excluding diaryl/α,β-unsaturated/α-hetero) is 1. The first kappa shape index (κ1) is 19.1. The van der Waals surface area contributed by atoms with E-state index in [2.05, 4.69) is 10.2 Å². The highest BCUT2D eigenvalue weighted by Gasteiger charge is 2.19. The summed E-state index contributed by atoms with van der Waals surface area (Å²) in [7, 11) is 0. The number of ketones is 1. The number of benzene rings is 3. The standard InChI is InChI=1S/C23H18FN3OS/c1-16-11-13-17(14-12-16)21(28)15-29-23-26-25-22(19-9-5-6-10-20(19)24)27(23)18-7-3-2-4-8-18/h2-14H,15H2,1H3. The molecule has 0 N–H and O–H groups in total. The molecule has 0 atom stereocenters. The van der Waals surface area contributed by atoms with Gasteiger partial charge < -0.3 is 0 Å². The Kier molecular flexibility index (Phi) is 5.53. The first-order chi connectivity index (χ1) is 14.1. The zero-order valence-electron chi connectivity index (χ0n) is 15.7. The average Bonchev–Trinajstić information content (AvgIpc) is 3.17. The van der Waals surface area contributed by atoms with Gasteiger partial charge in [-0.3, -0.25) is 9.36 Å². The maximum atomic E-state index is 14.4. The normalized spacial score (nSPS) is 10.8. The van der Waals surface area contributed by atoms with Crippen molar-refractivity contribution in [3.8, 4) is 17.1 Å². The number of thioether (sulfide) groups is 1. The number of hydrogen-bond donors (Lipinski definition) is 0. The van der Waals surface area contributed by atoms with Crippen molar-refractivity contribution in [3.63, 3.8) is 0 Å². The lowest BCUT2D eigenvalue weighted by molar-refractivity contribution is 0.102. The SMILES string of the molecule is Cc1ccc(C(=O)CSc2nnc(-c3ccccc3F)n2-c2ccccc2)cc1. The smallest absolute Gasteiger partial charge is 0.196 e. The van der Waals surface area contributed by atoms with Crippen LogP contribution in [0.1, 0.15) is 15.9 Å². The van der Waals surface area contributed by atoms with Gasteiger partial charge in [0.2, 0.25) is 0 Å². The van der Waals surface area contributed by atoms with Gasteiger partial charge in [0.25, 0.3) is 0 Å².